The molecule has 185 valence electrons. The Bertz CT molecular complexity index is 935. The number of carbonyl (C=O) groups excluding carboxylic acids is 4. The van der Waals surface area contributed by atoms with Crippen molar-refractivity contribution >= 4 is 50.3 Å². The summed E-state index contributed by atoms with van der Waals surface area (Å²) in [5, 5.41) is 3.05. The van der Waals surface area contributed by atoms with E-state index in [4.69, 9.17) is 23.7 Å². The van der Waals surface area contributed by atoms with Crippen molar-refractivity contribution in [2.45, 2.75) is 65.3 Å². The average molecular weight is 542 g/mol. The van der Waals surface area contributed by atoms with E-state index in [9.17, 15) is 19.2 Å². The van der Waals surface area contributed by atoms with Crippen molar-refractivity contribution in [3.63, 3.8) is 0 Å². The topological polar surface area (TPSA) is 139 Å². The van der Waals surface area contributed by atoms with Crippen molar-refractivity contribution in [1.82, 2.24) is 0 Å². The van der Waals surface area contributed by atoms with Gasteiger partial charge < -0.3 is 0 Å². The summed E-state index contributed by atoms with van der Waals surface area (Å²) < 4.78 is 27.2. The van der Waals surface area contributed by atoms with E-state index in [2.05, 4.69) is 26.3 Å². The second-order valence-electron chi connectivity index (χ2n) is 7.52. The monoisotopic (exact) mass is 543 g/mol. The Morgan fingerprint density at radius 3 is 2.00 bits per heavy atom. The van der Waals surface area contributed by atoms with Gasteiger partial charge in [-0.3, -0.25) is 0 Å². The molecule has 5 atom stereocenters. The number of ether oxygens (including phenoxy) is 5. The molecule has 1 radical (unpaired) electrons. The number of aryl methyl sites for hydroxylation is 1. The van der Waals surface area contributed by atoms with Crippen LogP contribution in [0.4, 0.5) is 5.69 Å². The molecule has 0 spiro atoms. The first-order valence-corrected chi connectivity index (χ1v) is 11.2. The first-order valence-electron chi connectivity index (χ1n) is 10.3. The van der Waals surface area contributed by atoms with Gasteiger partial charge in [-0.05, 0) is 0 Å². The molecule has 11 nitrogen and oxygen atoms in total. The molecule has 12 heteroatoms. The summed E-state index contributed by atoms with van der Waals surface area (Å²) in [6.45, 7) is 6.32. The number of nitrogens with zero attached hydrogens (tertiary/aromatic N) is 1. The van der Waals surface area contributed by atoms with Gasteiger partial charge in [0, 0.05) is 0 Å². The Kier molecular flexibility index (Phi) is 10.0. The van der Waals surface area contributed by atoms with Gasteiger partial charge in [-0.25, -0.2) is 0 Å². The SMILES string of the molecule is CC(=O)OCC1O[C@@H](OC(C)=O)C(N=C([Se])Nc2ccc(C)cc2)C(OC(C)=O)[C@@H]1OC(C)=O. The third-order valence-electron chi connectivity index (χ3n) is 4.52. The van der Waals surface area contributed by atoms with E-state index in [0.29, 0.717) is 0 Å². The molecule has 2 rings (SSSR count). The normalized spacial score (nSPS) is 24.5. The standard InChI is InChI=1S/C22H27N2O9Se/c1-11-6-8-16(9-7-11)23-22(34)24-18-20(31-14(4)27)19(30-13(3)26)17(10-29-12(2)25)33-21(18)32-15(5)28/h6-9,17-21H,10H2,1-5H3,(H,23,24)/t17?,18?,19-,20?,21-/m1/s1. The fourth-order valence-corrected chi connectivity index (χ4v) is 3.71. The first-order chi connectivity index (χ1) is 16.0. The molecule has 1 heterocycles. The molecule has 1 aliphatic heterocycles. The molecule has 34 heavy (non-hydrogen) atoms. The Labute approximate surface area is 205 Å². The van der Waals surface area contributed by atoms with Gasteiger partial charge >= 0.3 is 205 Å². The van der Waals surface area contributed by atoms with Crippen LogP contribution in [0.5, 0.6) is 0 Å². The van der Waals surface area contributed by atoms with Crippen LogP contribution in [0.15, 0.2) is 29.3 Å². The zero-order chi connectivity index (χ0) is 25.4. The van der Waals surface area contributed by atoms with Gasteiger partial charge in [0.05, 0.1) is 0 Å². The molecular weight excluding hydrogens is 515 g/mol. The molecule has 0 saturated carbocycles. The van der Waals surface area contributed by atoms with Crippen LogP contribution in [0.25, 0.3) is 0 Å². The first kappa shape index (κ1) is 27.3. The van der Waals surface area contributed by atoms with Crippen LogP contribution in [0.2, 0.25) is 0 Å². The molecule has 1 N–H and O–H groups in total. The fraction of sp³-hybridized carbons (Fsp3) is 0.500. The van der Waals surface area contributed by atoms with Gasteiger partial charge in [0.25, 0.3) is 0 Å². The van der Waals surface area contributed by atoms with Crippen molar-refractivity contribution in [1.29, 1.82) is 0 Å². The molecule has 1 aromatic carbocycles. The van der Waals surface area contributed by atoms with Gasteiger partial charge in [0.15, 0.2) is 0 Å². The van der Waals surface area contributed by atoms with Crippen molar-refractivity contribution in [3.05, 3.63) is 29.8 Å². The third-order valence-corrected chi connectivity index (χ3v) is 4.96. The Morgan fingerprint density at radius 2 is 1.47 bits per heavy atom. The zero-order valence-electron chi connectivity index (χ0n) is 19.4. The molecule has 0 amide bonds. The van der Waals surface area contributed by atoms with Gasteiger partial charge in [-0.2, -0.15) is 0 Å². The van der Waals surface area contributed by atoms with Crippen molar-refractivity contribution in [3.8, 4) is 0 Å². The quantitative estimate of drug-likeness (QED) is 0.175. The molecule has 0 aliphatic carbocycles. The van der Waals surface area contributed by atoms with E-state index in [1.54, 1.807) is 0 Å². The second-order valence-corrected chi connectivity index (χ2v) is 8.33. The van der Waals surface area contributed by atoms with Crippen molar-refractivity contribution in [2.75, 3.05) is 11.9 Å². The van der Waals surface area contributed by atoms with Crippen LogP contribution in [0, 0.1) is 6.92 Å². The van der Waals surface area contributed by atoms with E-state index in [-0.39, 0.29) is 11.3 Å². The summed E-state index contributed by atoms with van der Waals surface area (Å²) in [7, 11) is 0. The Balaban J connectivity index is 2.45. The van der Waals surface area contributed by atoms with E-state index < -0.39 is 54.5 Å². The van der Waals surface area contributed by atoms with Gasteiger partial charge in [0.1, 0.15) is 0 Å². The predicted octanol–water partition coefficient (Wildman–Crippen LogP) is 1.01. The maximum absolute atomic E-state index is 11.9. The zero-order valence-corrected chi connectivity index (χ0v) is 21.1. The number of benzene rings is 1. The van der Waals surface area contributed by atoms with Crippen LogP contribution in [0.3, 0.4) is 0 Å². The number of aliphatic imine (C=N–C) groups is 1. The molecular formula is C22H27N2O9Se. The molecule has 0 aromatic heterocycles. The molecule has 1 saturated heterocycles. The van der Waals surface area contributed by atoms with E-state index in [0.717, 1.165) is 11.3 Å². The van der Waals surface area contributed by atoms with Crippen LogP contribution in [-0.2, 0) is 42.9 Å². The number of hydrogen-bond donors (Lipinski definition) is 1. The fourth-order valence-electron chi connectivity index (χ4n) is 3.21. The number of anilines is 1. The summed E-state index contributed by atoms with van der Waals surface area (Å²) in [5.74, 6) is -2.67. The van der Waals surface area contributed by atoms with E-state index >= 15 is 0 Å². The number of carbonyl (C=O) groups is 4. The molecule has 1 aromatic rings. The van der Waals surface area contributed by atoms with Gasteiger partial charge in [0.2, 0.25) is 0 Å². The molecule has 1 fully saturated rings. The number of hydrogen-bond acceptors (Lipinski definition) is 10. The molecule has 1 aliphatic rings. The minimum atomic E-state index is -1.34. The molecule has 0 bridgehead atoms. The maximum atomic E-state index is 11.9. The predicted molar refractivity (Wildman–Crippen MR) is 120 cm³/mol. The summed E-state index contributed by atoms with van der Waals surface area (Å²) in [6.07, 6.45) is -4.85. The number of rotatable bonds is 7. The van der Waals surface area contributed by atoms with Crippen molar-refractivity contribution in [2.24, 2.45) is 4.99 Å². The van der Waals surface area contributed by atoms with Gasteiger partial charge in [-0.1, -0.05) is 0 Å². The Morgan fingerprint density at radius 1 is 0.912 bits per heavy atom. The number of nitrogens with one attached hydrogen (secondary N) is 1. The second kappa shape index (κ2) is 12.5. The summed E-state index contributed by atoms with van der Waals surface area (Å²) >= 11 is 2.77. The summed E-state index contributed by atoms with van der Waals surface area (Å²) in [6, 6.07) is 6.35. The summed E-state index contributed by atoms with van der Waals surface area (Å²) in [5.41, 5.74) is 1.79. The van der Waals surface area contributed by atoms with Crippen LogP contribution in [-0.4, -0.2) is 81.9 Å². The van der Waals surface area contributed by atoms with E-state index in [1.165, 1.54) is 27.7 Å². The van der Waals surface area contributed by atoms with E-state index in [1.807, 2.05) is 31.2 Å². The minimum absolute atomic E-state index is 0.270. The molecule has 3 unspecified atom stereocenters. The number of amidine groups is 1. The van der Waals surface area contributed by atoms with Crippen LogP contribution < -0.4 is 5.32 Å². The number of esters is 4. The van der Waals surface area contributed by atoms with Crippen LogP contribution >= 0.6 is 0 Å². The average Bonchev–Trinajstić information content (AvgIpc) is 2.71. The third kappa shape index (κ3) is 8.44. The summed E-state index contributed by atoms with van der Waals surface area (Å²) in [4.78, 5) is 51.4. The van der Waals surface area contributed by atoms with Crippen LogP contribution in [0.1, 0.15) is 33.3 Å². The van der Waals surface area contributed by atoms with Gasteiger partial charge in [-0.15, -0.1) is 0 Å². The van der Waals surface area contributed by atoms with Crippen molar-refractivity contribution < 1.29 is 42.9 Å². The Hall–Kier alpha value is -2.95.